The second-order valence-electron chi connectivity index (χ2n) is 5.36. The smallest absolute Gasteiger partial charge is 0.267 e. The largest absolute Gasteiger partial charge is 0.364 e. The lowest BCUT2D eigenvalue weighted by Crippen LogP contribution is -2.44. The van der Waals surface area contributed by atoms with Crippen LogP contribution in [-0.2, 0) is 9.59 Å². The van der Waals surface area contributed by atoms with Crippen molar-refractivity contribution in [3.63, 3.8) is 0 Å². The van der Waals surface area contributed by atoms with E-state index in [-0.39, 0.29) is 11.9 Å². The molecule has 0 saturated carbocycles. The third kappa shape index (κ3) is 4.94. The van der Waals surface area contributed by atoms with Gasteiger partial charge in [0.2, 0.25) is 5.91 Å². The standard InChI is InChI=1S/C15H19ClN4O3/c1-10(21)20-6-2-3-12(9-20)18-15-13(16)7-11(8-17-15)4-5-14(22)19-23/h4-5,7-8,12,23H,2-3,6,9H2,1H3,(H,17,18)(H,19,22)/t12-/m1/s1. The quantitative estimate of drug-likeness (QED) is 0.441. The normalized spacial score (nSPS) is 18.0. The van der Waals surface area contributed by atoms with Gasteiger partial charge >= 0.3 is 0 Å². The summed E-state index contributed by atoms with van der Waals surface area (Å²) < 4.78 is 0. The number of halogens is 1. The van der Waals surface area contributed by atoms with E-state index in [1.807, 2.05) is 0 Å². The molecule has 2 rings (SSSR count). The van der Waals surface area contributed by atoms with Crippen LogP contribution in [0, 0.1) is 0 Å². The van der Waals surface area contributed by atoms with Crippen LogP contribution in [0.25, 0.3) is 6.08 Å². The summed E-state index contributed by atoms with van der Waals surface area (Å²) in [7, 11) is 0. The molecule has 1 aromatic heterocycles. The number of hydrogen-bond donors (Lipinski definition) is 3. The zero-order valence-electron chi connectivity index (χ0n) is 12.8. The van der Waals surface area contributed by atoms with Gasteiger partial charge in [0.1, 0.15) is 5.82 Å². The minimum Gasteiger partial charge on any atom is -0.364 e. The molecule has 23 heavy (non-hydrogen) atoms. The Bertz CT molecular complexity index is 621. The number of pyridine rings is 1. The van der Waals surface area contributed by atoms with Gasteiger partial charge in [0, 0.05) is 38.3 Å². The number of aromatic nitrogens is 1. The number of rotatable bonds is 4. The van der Waals surface area contributed by atoms with Crippen molar-refractivity contribution in [3.8, 4) is 0 Å². The zero-order valence-corrected chi connectivity index (χ0v) is 13.5. The second-order valence-corrected chi connectivity index (χ2v) is 5.76. The SMILES string of the molecule is CC(=O)N1CCC[C@@H](Nc2ncc(C=CC(=O)NO)cc2Cl)C1. The fourth-order valence-electron chi connectivity index (χ4n) is 2.43. The van der Waals surface area contributed by atoms with Crippen LogP contribution in [0.2, 0.25) is 5.02 Å². The van der Waals surface area contributed by atoms with Crippen LogP contribution in [0.3, 0.4) is 0 Å². The van der Waals surface area contributed by atoms with Gasteiger partial charge in [-0.05, 0) is 30.5 Å². The number of nitrogens with one attached hydrogen (secondary N) is 2. The molecule has 0 spiro atoms. The van der Waals surface area contributed by atoms with Crippen molar-refractivity contribution < 1.29 is 14.8 Å². The lowest BCUT2D eigenvalue weighted by atomic mass is 10.1. The number of hydrogen-bond acceptors (Lipinski definition) is 5. The first-order valence-electron chi connectivity index (χ1n) is 7.29. The Morgan fingerprint density at radius 1 is 1.52 bits per heavy atom. The van der Waals surface area contributed by atoms with Gasteiger partial charge in [-0.3, -0.25) is 14.8 Å². The summed E-state index contributed by atoms with van der Waals surface area (Å²) in [5.74, 6) is -0.0149. The van der Waals surface area contributed by atoms with Crippen molar-refractivity contribution in [1.82, 2.24) is 15.4 Å². The number of hydroxylamine groups is 1. The lowest BCUT2D eigenvalue weighted by Gasteiger charge is -2.32. The highest BCUT2D eigenvalue weighted by atomic mass is 35.5. The predicted molar refractivity (Wildman–Crippen MR) is 87.1 cm³/mol. The third-order valence-corrected chi connectivity index (χ3v) is 3.90. The summed E-state index contributed by atoms with van der Waals surface area (Å²) in [6, 6.07) is 1.78. The first-order chi connectivity index (χ1) is 11.0. The van der Waals surface area contributed by atoms with Gasteiger partial charge in [0.15, 0.2) is 0 Å². The monoisotopic (exact) mass is 338 g/mol. The molecule has 0 aromatic carbocycles. The third-order valence-electron chi connectivity index (χ3n) is 3.61. The van der Waals surface area contributed by atoms with E-state index in [0.29, 0.717) is 22.9 Å². The van der Waals surface area contributed by atoms with Crippen molar-refractivity contribution in [2.45, 2.75) is 25.8 Å². The van der Waals surface area contributed by atoms with Crippen molar-refractivity contribution in [1.29, 1.82) is 0 Å². The summed E-state index contributed by atoms with van der Waals surface area (Å²) in [5.41, 5.74) is 2.14. The molecule has 7 nitrogen and oxygen atoms in total. The van der Waals surface area contributed by atoms with Crippen LogP contribution in [0.5, 0.6) is 0 Å². The Kier molecular flexibility index (Phi) is 5.95. The number of piperidine rings is 1. The number of likely N-dealkylation sites (tertiary alicyclic amines) is 1. The molecular formula is C15H19ClN4O3. The molecule has 8 heteroatoms. The number of anilines is 1. The molecule has 1 atom stereocenters. The Morgan fingerprint density at radius 3 is 2.96 bits per heavy atom. The molecule has 0 unspecified atom stereocenters. The molecule has 1 saturated heterocycles. The maximum Gasteiger partial charge on any atom is 0.267 e. The molecule has 2 heterocycles. The van der Waals surface area contributed by atoms with E-state index in [1.165, 1.54) is 17.6 Å². The van der Waals surface area contributed by atoms with Crippen LogP contribution >= 0.6 is 11.6 Å². The molecule has 0 radical (unpaired) electrons. The molecule has 0 bridgehead atoms. The van der Waals surface area contributed by atoms with Crippen LogP contribution in [0.4, 0.5) is 5.82 Å². The van der Waals surface area contributed by atoms with Crippen molar-refractivity contribution in [2.24, 2.45) is 0 Å². The molecule has 1 aliphatic rings. The van der Waals surface area contributed by atoms with Gasteiger partial charge in [-0.2, -0.15) is 0 Å². The molecule has 1 fully saturated rings. The Morgan fingerprint density at radius 2 is 2.30 bits per heavy atom. The van der Waals surface area contributed by atoms with E-state index < -0.39 is 5.91 Å². The average Bonchev–Trinajstić information content (AvgIpc) is 2.55. The van der Waals surface area contributed by atoms with E-state index in [9.17, 15) is 9.59 Å². The Labute approximate surface area is 139 Å². The molecular weight excluding hydrogens is 320 g/mol. The fourth-order valence-corrected chi connectivity index (χ4v) is 2.66. The highest BCUT2D eigenvalue weighted by Crippen LogP contribution is 2.23. The Balaban J connectivity index is 2.02. The number of carbonyl (C=O) groups is 2. The molecule has 1 aliphatic heterocycles. The minimum atomic E-state index is -0.630. The number of carbonyl (C=O) groups excluding carboxylic acids is 2. The van der Waals surface area contributed by atoms with Crippen LogP contribution in [0.1, 0.15) is 25.3 Å². The van der Waals surface area contributed by atoms with Crippen LogP contribution in [-0.4, -0.2) is 46.0 Å². The van der Waals surface area contributed by atoms with Gasteiger partial charge in [-0.1, -0.05) is 11.6 Å². The number of nitrogens with zero attached hydrogens (tertiary/aromatic N) is 2. The highest BCUT2D eigenvalue weighted by molar-refractivity contribution is 6.33. The van der Waals surface area contributed by atoms with Gasteiger partial charge in [-0.15, -0.1) is 0 Å². The van der Waals surface area contributed by atoms with E-state index >= 15 is 0 Å². The van der Waals surface area contributed by atoms with Crippen LogP contribution < -0.4 is 10.8 Å². The Hall–Kier alpha value is -2.12. The summed E-state index contributed by atoms with van der Waals surface area (Å²) in [6.45, 7) is 2.98. The molecule has 2 amide bonds. The first kappa shape index (κ1) is 17.2. The summed E-state index contributed by atoms with van der Waals surface area (Å²) >= 11 is 6.21. The lowest BCUT2D eigenvalue weighted by molar-refractivity contribution is -0.129. The van der Waals surface area contributed by atoms with Gasteiger partial charge in [0.05, 0.1) is 5.02 Å². The molecule has 3 N–H and O–H groups in total. The predicted octanol–water partition coefficient (Wildman–Crippen LogP) is 1.68. The van der Waals surface area contributed by atoms with E-state index in [1.54, 1.807) is 24.1 Å². The maximum atomic E-state index is 11.5. The van der Waals surface area contributed by atoms with Gasteiger partial charge in [-0.25, -0.2) is 10.5 Å². The molecule has 124 valence electrons. The van der Waals surface area contributed by atoms with E-state index in [0.717, 1.165) is 19.4 Å². The average molecular weight is 339 g/mol. The zero-order chi connectivity index (χ0) is 16.8. The van der Waals surface area contributed by atoms with Crippen molar-refractivity contribution in [2.75, 3.05) is 18.4 Å². The molecule has 1 aromatic rings. The molecule has 0 aliphatic carbocycles. The van der Waals surface area contributed by atoms with Crippen LogP contribution in [0.15, 0.2) is 18.3 Å². The first-order valence-corrected chi connectivity index (χ1v) is 7.67. The second kappa shape index (κ2) is 7.94. The summed E-state index contributed by atoms with van der Waals surface area (Å²) in [6.07, 6.45) is 6.12. The van der Waals surface area contributed by atoms with E-state index in [4.69, 9.17) is 16.8 Å². The van der Waals surface area contributed by atoms with E-state index in [2.05, 4.69) is 10.3 Å². The van der Waals surface area contributed by atoms with Crippen molar-refractivity contribution >= 4 is 35.3 Å². The summed E-state index contributed by atoms with van der Waals surface area (Å²) in [5, 5.41) is 12.1. The fraction of sp³-hybridized carbons (Fsp3) is 0.400. The number of amides is 2. The van der Waals surface area contributed by atoms with Gasteiger partial charge in [0.25, 0.3) is 5.91 Å². The topological polar surface area (TPSA) is 94.6 Å². The summed E-state index contributed by atoms with van der Waals surface area (Å²) in [4.78, 5) is 28.5. The maximum absolute atomic E-state index is 11.5. The van der Waals surface area contributed by atoms with Crippen molar-refractivity contribution in [3.05, 3.63) is 28.9 Å². The minimum absolute atomic E-state index is 0.0678. The highest BCUT2D eigenvalue weighted by Gasteiger charge is 2.22. The van der Waals surface area contributed by atoms with Gasteiger partial charge < -0.3 is 10.2 Å².